The number of aryl methyl sites for hydroxylation is 1. The van der Waals surface area contributed by atoms with Gasteiger partial charge in [-0.3, -0.25) is 14.4 Å². The lowest BCUT2D eigenvalue weighted by atomic mass is 9.94. The fourth-order valence-corrected chi connectivity index (χ4v) is 4.69. The number of benzene rings is 1. The Kier molecular flexibility index (Phi) is 6.08. The molecule has 4 rings (SSSR count). The third-order valence-corrected chi connectivity index (χ3v) is 6.70. The van der Waals surface area contributed by atoms with Gasteiger partial charge >= 0.3 is 0 Å². The molecule has 2 aliphatic heterocycles. The van der Waals surface area contributed by atoms with Gasteiger partial charge in [-0.05, 0) is 31.4 Å². The molecule has 3 heterocycles. The average molecular weight is 428 g/mol. The molecular weight excluding hydrogens is 402 g/mol. The maximum absolute atomic E-state index is 13.0. The molecule has 0 bridgehead atoms. The first kappa shape index (κ1) is 20.5. The molecule has 1 unspecified atom stereocenters. The van der Waals surface area contributed by atoms with Crippen molar-refractivity contribution >= 4 is 39.9 Å². The zero-order chi connectivity index (χ0) is 21.1. The molecule has 158 valence electrons. The van der Waals surface area contributed by atoms with Crippen LogP contribution in [0.1, 0.15) is 31.2 Å². The molecule has 3 amide bonds. The minimum atomic E-state index is -0.322. The highest BCUT2D eigenvalue weighted by Crippen LogP contribution is 2.28. The molecule has 2 saturated heterocycles. The highest BCUT2D eigenvalue weighted by atomic mass is 32.1. The smallest absolute Gasteiger partial charge is 0.229 e. The standard InChI is InChI=1S/C21H25N5O3S/c1-2-17-23-24-21(30-17)22-19(28)14-8-10-25(11-9-14)20(29)15-12-18(27)26(13-15)16-6-4-3-5-7-16/h3-7,14-15H,2,8-13H2,1H3,(H,22,24,28). The van der Waals surface area contributed by atoms with Gasteiger partial charge in [0.25, 0.3) is 0 Å². The van der Waals surface area contributed by atoms with E-state index in [1.807, 2.05) is 37.3 Å². The number of piperidine rings is 1. The van der Waals surface area contributed by atoms with Crippen LogP contribution in [0.25, 0.3) is 0 Å². The van der Waals surface area contributed by atoms with Gasteiger partial charge in [-0.2, -0.15) is 0 Å². The van der Waals surface area contributed by atoms with Gasteiger partial charge in [0.2, 0.25) is 22.9 Å². The van der Waals surface area contributed by atoms with Crippen molar-refractivity contribution in [3.8, 4) is 0 Å². The maximum Gasteiger partial charge on any atom is 0.229 e. The first-order valence-corrected chi connectivity index (χ1v) is 11.1. The number of nitrogens with one attached hydrogen (secondary N) is 1. The summed E-state index contributed by atoms with van der Waals surface area (Å²) in [5, 5.41) is 12.3. The Morgan fingerprint density at radius 3 is 2.53 bits per heavy atom. The maximum atomic E-state index is 13.0. The molecule has 2 aliphatic rings. The molecule has 2 fully saturated rings. The van der Waals surface area contributed by atoms with Gasteiger partial charge in [-0.1, -0.05) is 36.5 Å². The highest BCUT2D eigenvalue weighted by molar-refractivity contribution is 7.15. The lowest BCUT2D eigenvalue weighted by molar-refractivity contribution is -0.138. The number of anilines is 2. The summed E-state index contributed by atoms with van der Waals surface area (Å²) in [6.07, 6.45) is 2.25. The van der Waals surface area contributed by atoms with E-state index in [0.717, 1.165) is 17.1 Å². The average Bonchev–Trinajstić information content (AvgIpc) is 3.40. The predicted molar refractivity (Wildman–Crippen MR) is 114 cm³/mol. The Morgan fingerprint density at radius 1 is 1.13 bits per heavy atom. The number of amides is 3. The molecule has 1 atom stereocenters. The van der Waals surface area contributed by atoms with Crippen LogP contribution in [-0.4, -0.2) is 52.5 Å². The highest BCUT2D eigenvalue weighted by Gasteiger charge is 2.38. The second kappa shape index (κ2) is 8.91. The molecular formula is C21H25N5O3S. The van der Waals surface area contributed by atoms with Crippen LogP contribution < -0.4 is 10.2 Å². The Balaban J connectivity index is 1.29. The quantitative estimate of drug-likeness (QED) is 0.790. The molecule has 0 radical (unpaired) electrons. The summed E-state index contributed by atoms with van der Waals surface area (Å²) >= 11 is 1.39. The first-order chi connectivity index (χ1) is 14.5. The zero-order valence-corrected chi connectivity index (χ0v) is 17.7. The molecule has 0 saturated carbocycles. The summed E-state index contributed by atoms with van der Waals surface area (Å²) in [5.41, 5.74) is 0.830. The van der Waals surface area contributed by atoms with Gasteiger partial charge in [-0.15, -0.1) is 10.2 Å². The number of likely N-dealkylation sites (tertiary alicyclic amines) is 1. The summed E-state index contributed by atoms with van der Waals surface area (Å²) in [6.45, 7) is 3.47. The topological polar surface area (TPSA) is 95.5 Å². The third-order valence-electron chi connectivity index (χ3n) is 5.72. The summed E-state index contributed by atoms with van der Waals surface area (Å²) in [4.78, 5) is 41.4. The van der Waals surface area contributed by atoms with Gasteiger partial charge in [0.05, 0.1) is 5.92 Å². The van der Waals surface area contributed by atoms with Crippen molar-refractivity contribution in [1.29, 1.82) is 0 Å². The Hall–Kier alpha value is -2.81. The number of para-hydroxylation sites is 1. The van der Waals surface area contributed by atoms with E-state index in [1.165, 1.54) is 11.3 Å². The summed E-state index contributed by atoms with van der Waals surface area (Å²) in [5.74, 6) is -0.534. The fraction of sp³-hybridized carbons (Fsp3) is 0.476. The van der Waals surface area contributed by atoms with Crippen LogP contribution in [0.4, 0.5) is 10.8 Å². The van der Waals surface area contributed by atoms with Gasteiger partial charge < -0.3 is 15.1 Å². The normalized spacial score (nSPS) is 19.9. The van der Waals surface area contributed by atoms with E-state index in [0.29, 0.717) is 37.6 Å². The Morgan fingerprint density at radius 2 is 1.87 bits per heavy atom. The van der Waals surface area contributed by atoms with E-state index in [9.17, 15) is 14.4 Å². The molecule has 8 nitrogen and oxygen atoms in total. The van der Waals surface area contributed by atoms with Crippen molar-refractivity contribution < 1.29 is 14.4 Å². The predicted octanol–water partition coefficient (Wildman–Crippen LogP) is 2.33. The van der Waals surface area contributed by atoms with Crippen molar-refractivity contribution in [2.24, 2.45) is 11.8 Å². The van der Waals surface area contributed by atoms with E-state index in [2.05, 4.69) is 15.5 Å². The van der Waals surface area contributed by atoms with Crippen LogP contribution in [0.15, 0.2) is 30.3 Å². The third kappa shape index (κ3) is 4.35. The van der Waals surface area contributed by atoms with E-state index in [1.54, 1.807) is 9.80 Å². The second-order valence-corrected chi connectivity index (χ2v) is 8.75. The minimum absolute atomic E-state index is 0.0114. The van der Waals surface area contributed by atoms with Crippen LogP contribution in [0.3, 0.4) is 0 Å². The van der Waals surface area contributed by atoms with Crippen LogP contribution in [-0.2, 0) is 20.8 Å². The van der Waals surface area contributed by atoms with Crippen LogP contribution >= 0.6 is 11.3 Å². The molecule has 30 heavy (non-hydrogen) atoms. The number of nitrogens with zero attached hydrogens (tertiary/aromatic N) is 4. The molecule has 0 aliphatic carbocycles. The number of aromatic nitrogens is 2. The molecule has 1 aromatic heterocycles. The van der Waals surface area contributed by atoms with Gasteiger partial charge in [0, 0.05) is 37.7 Å². The van der Waals surface area contributed by atoms with E-state index in [-0.39, 0.29) is 36.0 Å². The first-order valence-electron chi connectivity index (χ1n) is 10.3. The Bertz CT molecular complexity index is 924. The molecule has 9 heteroatoms. The van der Waals surface area contributed by atoms with E-state index in [4.69, 9.17) is 0 Å². The van der Waals surface area contributed by atoms with Crippen LogP contribution in [0.2, 0.25) is 0 Å². The summed E-state index contributed by atoms with van der Waals surface area (Å²) in [7, 11) is 0. The molecule has 0 spiro atoms. The second-order valence-electron chi connectivity index (χ2n) is 7.68. The molecule has 1 aromatic carbocycles. The molecule has 2 aromatic rings. The van der Waals surface area contributed by atoms with Crippen LogP contribution in [0, 0.1) is 11.8 Å². The van der Waals surface area contributed by atoms with Crippen molar-refractivity contribution in [2.45, 2.75) is 32.6 Å². The van der Waals surface area contributed by atoms with Crippen LogP contribution in [0.5, 0.6) is 0 Å². The molecule has 1 N–H and O–H groups in total. The zero-order valence-electron chi connectivity index (χ0n) is 16.9. The lowest BCUT2D eigenvalue weighted by Gasteiger charge is -2.32. The van der Waals surface area contributed by atoms with E-state index < -0.39 is 0 Å². The van der Waals surface area contributed by atoms with Gasteiger partial charge in [0.15, 0.2) is 0 Å². The number of carbonyl (C=O) groups is 3. The SMILES string of the molecule is CCc1nnc(NC(=O)C2CCN(C(=O)C3CC(=O)N(c4ccccc4)C3)CC2)s1. The fourth-order valence-electron chi connectivity index (χ4n) is 4.01. The van der Waals surface area contributed by atoms with Gasteiger partial charge in [0.1, 0.15) is 5.01 Å². The number of hydrogen-bond acceptors (Lipinski definition) is 6. The number of carbonyl (C=O) groups excluding carboxylic acids is 3. The van der Waals surface area contributed by atoms with Crippen molar-refractivity contribution in [2.75, 3.05) is 29.9 Å². The minimum Gasteiger partial charge on any atom is -0.342 e. The summed E-state index contributed by atoms with van der Waals surface area (Å²) in [6, 6.07) is 9.45. The van der Waals surface area contributed by atoms with E-state index >= 15 is 0 Å². The van der Waals surface area contributed by atoms with Crippen molar-refractivity contribution in [3.05, 3.63) is 35.3 Å². The largest absolute Gasteiger partial charge is 0.342 e. The lowest BCUT2D eigenvalue weighted by Crippen LogP contribution is -2.44. The number of rotatable bonds is 5. The Labute approximate surface area is 179 Å². The number of hydrogen-bond donors (Lipinski definition) is 1. The van der Waals surface area contributed by atoms with Crippen molar-refractivity contribution in [1.82, 2.24) is 15.1 Å². The van der Waals surface area contributed by atoms with Gasteiger partial charge in [-0.25, -0.2) is 0 Å². The van der Waals surface area contributed by atoms with Crippen molar-refractivity contribution in [3.63, 3.8) is 0 Å². The summed E-state index contributed by atoms with van der Waals surface area (Å²) < 4.78 is 0. The monoisotopic (exact) mass is 427 g/mol.